The zero-order valence-electron chi connectivity index (χ0n) is 59.6. The molecule has 0 bridgehead atoms. The van der Waals surface area contributed by atoms with Crippen LogP contribution in [0.3, 0.4) is 0 Å². The summed E-state index contributed by atoms with van der Waals surface area (Å²) in [4.78, 5) is 185. The maximum atomic E-state index is 15.2. The zero-order valence-corrected chi connectivity index (χ0v) is 61.1. The minimum Gasteiger partial charge on any atom is -0.343 e. The Morgan fingerprint density at radius 1 is 0.592 bits per heavy atom. The van der Waals surface area contributed by atoms with Gasteiger partial charge in [-0.3, -0.25) is 57.5 Å². The van der Waals surface area contributed by atoms with E-state index in [1.807, 2.05) is 27.7 Å². The van der Waals surface area contributed by atoms with Crippen molar-refractivity contribution in [1.29, 1.82) is 0 Å². The molecule has 6 fully saturated rings. The van der Waals surface area contributed by atoms with E-state index in [1.165, 1.54) is 61.6 Å². The highest BCUT2D eigenvalue weighted by molar-refractivity contribution is 6.21. The molecule has 554 valence electrons. The highest BCUT2D eigenvalue weighted by Crippen LogP contribution is 2.44. The number of likely N-dealkylation sites (N-methyl/N-ethyl adjacent to an activating group) is 4. The lowest BCUT2D eigenvalue weighted by Crippen LogP contribution is -2.64. The fourth-order valence-electron chi connectivity index (χ4n) is 14.5. The Kier molecular flexibility index (Phi) is 30.2. The first-order chi connectivity index (χ1) is 46.1. The summed E-state index contributed by atoms with van der Waals surface area (Å²) in [6.07, 6.45) is 2.83. The van der Waals surface area contributed by atoms with Gasteiger partial charge in [0.1, 0.15) is 53.9 Å². The van der Waals surface area contributed by atoms with Gasteiger partial charge in [-0.1, -0.05) is 53.9 Å². The number of alkyl halides is 5. The van der Waals surface area contributed by atoms with Crippen LogP contribution in [-0.2, 0) is 57.5 Å². The van der Waals surface area contributed by atoms with Crippen molar-refractivity contribution in [1.82, 2.24) is 60.9 Å². The Morgan fingerprint density at radius 3 is 1.80 bits per heavy atom. The van der Waals surface area contributed by atoms with Gasteiger partial charge < -0.3 is 60.9 Å². The third-order valence-corrected chi connectivity index (χ3v) is 22.4. The summed E-state index contributed by atoms with van der Waals surface area (Å²) in [5.41, 5.74) is -1.75. The largest absolute Gasteiger partial charge is 0.393 e. The van der Waals surface area contributed by atoms with Crippen molar-refractivity contribution < 1.29 is 70.7 Å². The highest BCUT2D eigenvalue weighted by Gasteiger charge is 2.49. The molecule has 5 N–H and O–H groups in total. The highest BCUT2D eigenvalue weighted by atomic mass is 35.5. The van der Waals surface area contributed by atoms with Gasteiger partial charge in [0.15, 0.2) is 0 Å². The topological polar surface area (TPSA) is 288 Å². The number of halogens is 5. The first-order valence-corrected chi connectivity index (χ1v) is 36.7. The van der Waals surface area contributed by atoms with Gasteiger partial charge >= 0.3 is 6.18 Å². The normalized spacial score (nSPS) is 31.1. The predicted octanol–water partition coefficient (Wildman–Crippen LogP) is 5.63. The Balaban J connectivity index is 1.38. The van der Waals surface area contributed by atoms with E-state index in [2.05, 4.69) is 26.6 Å². The smallest absolute Gasteiger partial charge is 0.343 e. The lowest BCUT2D eigenvalue weighted by atomic mass is 9.78. The number of hydrogen-bond donors (Lipinski definition) is 5. The number of hydrogen-bond acceptors (Lipinski definition) is 12. The number of nitrogens with one attached hydrogen (secondary N) is 5. The van der Waals surface area contributed by atoms with Gasteiger partial charge in [0.25, 0.3) is 0 Å². The number of carbonyl (C=O) groups excluding carboxylic acids is 12. The summed E-state index contributed by atoms with van der Waals surface area (Å²) in [7, 11) is 5.53. The molecule has 0 radical (unpaired) electrons. The molecule has 12 amide bonds. The van der Waals surface area contributed by atoms with Gasteiger partial charge in [0.2, 0.25) is 70.9 Å². The first-order valence-electron chi connectivity index (χ1n) is 35.9. The van der Waals surface area contributed by atoms with Crippen LogP contribution in [-0.4, -0.2) is 243 Å². The minimum atomic E-state index is -4.52. The van der Waals surface area contributed by atoms with Gasteiger partial charge in [-0.2, -0.15) is 13.2 Å². The standard InChI is InChI=1S/C69H111Cl2F3N12O12/c1-12-14-20-49-64(95)83(11)68(6,7)67(98)78-50(35-41(3)4)63(94)82(10)54(65(96)84-31-17-15-18-32-84)38-56(88)85-33-19-16-21-52(85)61(92)79-58(42(5)13-2)66(97)81(9)40-57(89)86-34-30-53(86)60(91)77-51(37-44-22-26-45(70)27-23-44)62(93)80(8)39-55(87)75-48(59(90)76-49)29-25-43-24-28-46(47(71)36-43)69(72,73)74/h41-54,58H,12-40H2,1-11H3,(H,75,87)(H,76,90)(H,77,91)(H,78,98)(H,79,92)/t42-,43?,44?,45?,46?,47?,48-,49-,50-,51-,52-,53-,54-,58-/m0/s1. The van der Waals surface area contributed by atoms with Crippen LogP contribution in [0.25, 0.3) is 0 Å². The third-order valence-electron chi connectivity index (χ3n) is 21.5. The van der Waals surface area contributed by atoms with E-state index in [4.69, 9.17) is 23.2 Å². The van der Waals surface area contributed by atoms with Crippen LogP contribution in [0.1, 0.15) is 196 Å². The van der Waals surface area contributed by atoms with E-state index in [0.29, 0.717) is 83.7 Å². The van der Waals surface area contributed by atoms with Gasteiger partial charge in [-0.15, -0.1) is 23.2 Å². The number of amides is 12. The van der Waals surface area contributed by atoms with Gasteiger partial charge in [0, 0.05) is 65.1 Å². The van der Waals surface area contributed by atoms with Crippen molar-refractivity contribution in [2.75, 3.05) is 67.5 Å². The molecule has 0 aromatic carbocycles. The van der Waals surface area contributed by atoms with Crippen LogP contribution in [0.4, 0.5) is 13.2 Å². The molecule has 24 nitrogen and oxygen atoms in total. The Bertz CT molecular complexity index is 2830. The molecular weight excluding hydrogens is 1320 g/mol. The molecule has 4 aliphatic heterocycles. The van der Waals surface area contributed by atoms with Crippen LogP contribution in [0.15, 0.2) is 0 Å². The summed E-state index contributed by atoms with van der Waals surface area (Å²) in [5.74, 6) is -10.9. The number of unbranched alkanes of at least 4 members (excludes halogenated alkanes) is 1. The van der Waals surface area contributed by atoms with Crippen molar-refractivity contribution >= 4 is 94.1 Å². The Hall–Kier alpha value is -5.99. The molecule has 4 heterocycles. The summed E-state index contributed by atoms with van der Waals surface area (Å²) in [6, 6.07) is -9.92. The van der Waals surface area contributed by atoms with Crippen molar-refractivity contribution in [2.45, 2.75) is 267 Å². The predicted molar refractivity (Wildman–Crippen MR) is 363 cm³/mol. The van der Waals surface area contributed by atoms with Crippen LogP contribution in [0.2, 0.25) is 0 Å². The van der Waals surface area contributed by atoms with Gasteiger partial charge in [-0.25, -0.2) is 0 Å². The van der Waals surface area contributed by atoms with Gasteiger partial charge in [-0.05, 0) is 160 Å². The Morgan fingerprint density at radius 2 is 1.19 bits per heavy atom. The quantitative estimate of drug-likeness (QED) is 0.140. The average molecular weight is 1430 g/mol. The maximum absolute atomic E-state index is 15.2. The zero-order chi connectivity index (χ0) is 72.7. The van der Waals surface area contributed by atoms with Gasteiger partial charge in [0.05, 0.1) is 25.4 Å². The van der Waals surface area contributed by atoms with E-state index in [1.54, 1.807) is 11.8 Å². The molecule has 2 aliphatic carbocycles. The van der Waals surface area contributed by atoms with E-state index in [9.17, 15) is 65.9 Å². The van der Waals surface area contributed by atoms with Crippen LogP contribution < -0.4 is 26.6 Å². The molecule has 4 saturated heterocycles. The summed E-state index contributed by atoms with van der Waals surface area (Å²) in [6.45, 7) is 12.0. The maximum Gasteiger partial charge on any atom is 0.393 e. The third kappa shape index (κ3) is 21.5. The monoisotopic (exact) mass is 1430 g/mol. The average Bonchev–Trinajstić information content (AvgIpc) is 0.809. The lowest BCUT2D eigenvalue weighted by Gasteiger charge is -2.42. The van der Waals surface area contributed by atoms with E-state index < -0.39 is 168 Å². The van der Waals surface area contributed by atoms with E-state index in [0.717, 1.165) is 16.2 Å². The van der Waals surface area contributed by atoms with Crippen LogP contribution in [0.5, 0.6) is 0 Å². The molecule has 0 spiro atoms. The molecular formula is C69H111Cl2F3N12O12. The second-order valence-corrected chi connectivity index (χ2v) is 30.8. The number of piperidine rings is 2. The number of carbonyl (C=O) groups is 12. The fraction of sp³-hybridized carbons (Fsp3) is 0.826. The van der Waals surface area contributed by atoms with E-state index >= 15 is 4.79 Å². The second-order valence-electron chi connectivity index (χ2n) is 29.6. The number of likely N-dealkylation sites (tertiary alicyclic amines) is 1. The molecule has 6 rings (SSSR count). The number of nitrogens with zero attached hydrogens (tertiary/aromatic N) is 7. The van der Waals surface area contributed by atoms with E-state index in [-0.39, 0.29) is 100 Å². The van der Waals surface area contributed by atoms with Crippen molar-refractivity contribution in [3.8, 4) is 0 Å². The Labute approximate surface area is 587 Å². The molecule has 12 atom stereocenters. The molecule has 0 aromatic rings. The molecule has 2 saturated carbocycles. The fourth-order valence-corrected chi connectivity index (χ4v) is 15.3. The molecule has 0 aromatic heterocycles. The minimum absolute atomic E-state index is 0.0241. The van der Waals surface area contributed by atoms with Crippen LogP contribution in [0, 0.1) is 29.6 Å². The SMILES string of the molecule is CCCC[C@@H]1NC(=O)[C@H](CCC2CCC(C(F)(F)F)C(Cl)C2)NC(=O)CN(C)C(=O)[C@H](CC2CCC(Cl)CC2)NC(=O)[C@@H]2CCN2C(=O)CN(C)C(=O)[C@H]([C@@H](C)CC)NC(=O)[C@@H]2CCCCN2C(=O)C[C@@H](C(=O)N2CCCCC2)N(C)C(=O)[C@H](CC(C)C)NC(=O)C(C)(C)N(C)C1=O. The van der Waals surface area contributed by atoms with Crippen LogP contribution >= 0.6 is 23.2 Å². The van der Waals surface area contributed by atoms with Crippen molar-refractivity contribution in [2.24, 2.45) is 29.6 Å². The van der Waals surface area contributed by atoms with Crippen molar-refractivity contribution in [3.05, 3.63) is 0 Å². The molecule has 98 heavy (non-hydrogen) atoms. The summed E-state index contributed by atoms with van der Waals surface area (Å²) in [5, 5.41) is 12.9. The first kappa shape index (κ1) is 81.0. The lowest BCUT2D eigenvalue weighted by molar-refractivity contribution is -0.182. The summed E-state index contributed by atoms with van der Waals surface area (Å²) < 4.78 is 41.9. The number of rotatable bonds is 13. The second kappa shape index (κ2) is 36.6. The molecule has 29 heteroatoms. The molecule has 3 unspecified atom stereocenters. The number of fused-ring (bicyclic) bond motifs is 2. The van der Waals surface area contributed by atoms with Crippen molar-refractivity contribution in [3.63, 3.8) is 0 Å². The summed E-state index contributed by atoms with van der Waals surface area (Å²) >= 11 is 12.8. The molecule has 6 aliphatic rings.